The zero-order valence-corrected chi connectivity index (χ0v) is 14.4. The smallest absolute Gasteiger partial charge is 0.264 e. The van der Waals surface area contributed by atoms with E-state index in [1.54, 1.807) is 12.1 Å². The Kier molecular flexibility index (Phi) is 4.19. The van der Waals surface area contributed by atoms with Crippen LogP contribution in [0.15, 0.2) is 47.4 Å². The van der Waals surface area contributed by atoms with E-state index in [1.807, 2.05) is 0 Å². The summed E-state index contributed by atoms with van der Waals surface area (Å²) in [6, 6.07) is 10.4. The van der Waals surface area contributed by atoms with Gasteiger partial charge >= 0.3 is 0 Å². The Morgan fingerprint density at radius 1 is 1.17 bits per heavy atom. The number of anilines is 1. The molecule has 0 atom stereocenters. The lowest BCUT2D eigenvalue weighted by atomic mass is 10.0. The second-order valence-electron chi connectivity index (χ2n) is 5.50. The molecule has 1 heterocycles. The summed E-state index contributed by atoms with van der Waals surface area (Å²) < 4.78 is 27.2. The van der Waals surface area contributed by atoms with Crippen molar-refractivity contribution in [3.8, 4) is 0 Å². The summed E-state index contributed by atoms with van der Waals surface area (Å²) in [5.41, 5.74) is 0.921. The van der Waals surface area contributed by atoms with E-state index in [-0.39, 0.29) is 29.4 Å². The van der Waals surface area contributed by atoms with Gasteiger partial charge in [0.25, 0.3) is 10.0 Å². The molecule has 0 N–H and O–H groups in total. The second kappa shape index (κ2) is 6.03. The van der Waals surface area contributed by atoms with Crippen molar-refractivity contribution in [3.05, 3.63) is 58.6 Å². The van der Waals surface area contributed by atoms with Crippen LogP contribution in [-0.2, 0) is 10.0 Å². The summed E-state index contributed by atoms with van der Waals surface area (Å²) in [6.45, 7) is 1.43. The van der Waals surface area contributed by atoms with E-state index in [0.29, 0.717) is 21.8 Å². The van der Waals surface area contributed by atoms with Crippen molar-refractivity contribution in [1.82, 2.24) is 0 Å². The van der Waals surface area contributed by atoms with Crippen LogP contribution in [0.2, 0.25) is 5.02 Å². The van der Waals surface area contributed by atoms with Crippen molar-refractivity contribution < 1.29 is 18.0 Å². The lowest BCUT2D eigenvalue weighted by Crippen LogP contribution is -2.37. The standard InChI is InChI=1S/C17H14ClNO4S/c1-11(20)12-3-2-4-14(9-12)24(22,23)19-8-7-17(21)15-10-13(18)5-6-16(15)19/h2-6,9-10H,7-8H2,1H3. The number of nitrogens with zero attached hydrogens (tertiary/aromatic N) is 1. The number of carbonyl (C=O) groups excluding carboxylic acids is 2. The van der Waals surface area contributed by atoms with E-state index in [1.165, 1.54) is 41.6 Å². The summed E-state index contributed by atoms with van der Waals surface area (Å²) in [7, 11) is -3.88. The maximum Gasteiger partial charge on any atom is 0.264 e. The summed E-state index contributed by atoms with van der Waals surface area (Å²) in [5.74, 6) is -0.357. The summed E-state index contributed by atoms with van der Waals surface area (Å²) in [6.07, 6.45) is 0.0823. The van der Waals surface area contributed by atoms with Gasteiger partial charge in [0.2, 0.25) is 0 Å². The van der Waals surface area contributed by atoms with Crippen molar-refractivity contribution in [3.63, 3.8) is 0 Å². The quantitative estimate of drug-likeness (QED) is 0.784. The van der Waals surface area contributed by atoms with E-state index in [2.05, 4.69) is 0 Å². The minimum absolute atomic E-state index is 0.0189. The van der Waals surface area contributed by atoms with Crippen molar-refractivity contribution >= 4 is 38.9 Å². The molecule has 0 fully saturated rings. The van der Waals surface area contributed by atoms with Crippen LogP contribution < -0.4 is 4.31 Å². The number of fused-ring (bicyclic) bond motifs is 1. The van der Waals surface area contributed by atoms with Crippen molar-refractivity contribution in [2.45, 2.75) is 18.2 Å². The average Bonchev–Trinajstić information content (AvgIpc) is 2.55. The minimum Gasteiger partial charge on any atom is -0.295 e. The Hall–Kier alpha value is -2.18. The topological polar surface area (TPSA) is 71.5 Å². The molecular formula is C17H14ClNO4S. The second-order valence-corrected chi connectivity index (χ2v) is 7.79. The predicted octanol–water partition coefficient (Wildman–Crippen LogP) is 3.32. The number of sulfonamides is 1. The molecule has 24 heavy (non-hydrogen) atoms. The number of Topliss-reactive ketones (excluding diaryl/α,β-unsaturated/α-hetero) is 2. The molecule has 124 valence electrons. The average molecular weight is 364 g/mol. The molecule has 7 heteroatoms. The molecule has 0 bridgehead atoms. The van der Waals surface area contributed by atoms with Gasteiger partial charge in [-0.15, -0.1) is 0 Å². The monoisotopic (exact) mass is 363 g/mol. The van der Waals surface area contributed by atoms with Crippen molar-refractivity contribution in [2.24, 2.45) is 0 Å². The van der Waals surface area contributed by atoms with Gasteiger partial charge in [0.15, 0.2) is 11.6 Å². The Morgan fingerprint density at radius 3 is 2.62 bits per heavy atom. The molecule has 2 aromatic carbocycles. The van der Waals surface area contributed by atoms with E-state index in [0.717, 1.165) is 0 Å². The fourth-order valence-corrected chi connectivity index (χ4v) is 4.36. The molecule has 0 saturated heterocycles. The van der Waals surface area contributed by atoms with Gasteiger partial charge in [-0.2, -0.15) is 0 Å². The summed E-state index contributed by atoms with van der Waals surface area (Å²) in [4.78, 5) is 23.6. The van der Waals surface area contributed by atoms with Crippen LogP contribution in [0.4, 0.5) is 5.69 Å². The maximum atomic E-state index is 13.0. The molecule has 1 aliphatic heterocycles. The normalized spacial score (nSPS) is 14.4. The van der Waals surface area contributed by atoms with E-state index >= 15 is 0 Å². The van der Waals surface area contributed by atoms with Crippen LogP contribution in [0.1, 0.15) is 34.1 Å². The number of carbonyl (C=O) groups is 2. The Morgan fingerprint density at radius 2 is 1.92 bits per heavy atom. The van der Waals surface area contributed by atoms with Crippen molar-refractivity contribution in [1.29, 1.82) is 0 Å². The summed E-state index contributed by atoms with van der Waals surface area (Å²) >= 11 is 5.92. The van der Waals surface area contributed by atoms with E-state index in [9.17, 15) is 18.0 Å². The molecule has 0 unspecified atom stereocenters. The molecule has 0 amide bonds. The summed E-state index contributed by atoms with van der Waals surface area (Å²) in [5, 5.41) is 0.375. The third-order valence-corrected chi connectivity index (χ3v) is 5.94. The van der Waals surface area contributed by atoms with Gasteiger partial charge < -0.3 is 0 Å². The van der Waals surface area contributed by atoms with Crippen LogP contribution in [0.25, 0.3) is 0 Å². The number of rotatable bonds is 3. The third kappa shape index (κ3) is 2.83. The third-order valence-electron chi connectivity index (χ3n) is 3.90. The largest absolute Gasteiger partial charge is 0.295 e. The number of halogens is 1. The molecule has 5 nitrogen and oxygen atoms in total. The van der Waals surface area contributed by atoms with Crippen LogP contribution in [0, 0.1) is 0 Å². The first-order valence-electron chi connectivity index (χ1n) is 7.27. The highest BCUT2D eigenvalue weighted by atomic mass is 35.5. The van der Waals surface area contributed by atoms with Crippen LogP contribution in [-0.4, -0.2) is 26.5 Å². The molecule has 2 aromatic rings. The van der Waals surface area contributed by atoms with Gasteiger partial charge in [-0.05, 0) is 37.3 Å². The number of benzene rings is 2. The van der Waals surface area contributed by atoms with Gasteiger partial charge in [0.1, 0.15) is 0 Å². The van der Waals surface area contributed by atoms with Crippen LogP contribution in [0.3, 0.4) is 0 Å². The lowest BCUT2D eigenvalue weighted by Gasteiger charge is -2.30. The van der Waals surface area contributed by atoms with Crippen LogP contribution >= 0.6 is 11.6 Å². The first kappa shape index (κ1) is 16.7. The highest BCUT2D eigenvalue weighted by molar-refractivity contribution is 7.92. The zero-order chi connectivity index (χ0) is 17.5. The highest BCUT2D eigenvalue weighted by Crippen LogP contribution is 2.33. The molecule has 1 aliphatic rings. The molecule has 0 spiro atoms. The molecule has 0 aliphatic carbocycles. The first-order valence-corrected chi connectivity index (χ1v) is 9.09. The Balaban J connectivity index is 2.12. The van der Waals surface area contributed by atoms with E-state index in [4.69, 9.17) is 11.6 Å². The number of hydrogen-bond donors (Lipinski definition) is 0. The maximum absolute atomic E-state index is 13.0. The Labute approximate surface area is 144 Å². The lowest BCUT2D eigenvalue weighted by molar-refractivity contribution is 0.0980. The first-order chi connectivity index (χ1) is 11.3. The van der Waals surface area contributed by atoms with Gasteiger partial charge in [-0.3, -0.25) is 13.9 Å². The van der Waals surface area contributed by atoms with Crippen LogP contribution in [0.5, 0.6) is 0 Å². The van der Waals surface area contributed by atoms with Gasteiger partial charge in [-0.1, -0.05) is 23.7 Å². The van der Waals surface area contributed by atoms with Gasteiger partial charge in [-0.25, -0.2) is 8.42 Å². The fourth-order valence-electron chi connectivity index (χ4n) is 2.66. The molecule has 0 saturated carbocycles. The highest BCUT2D eigenvalue weighted by Gasteiger charge is 2.32. The number of ketones is 2. The molecular weight excluding hydrogens is 350 g/mol. The minimum atomic E-state index is -3.88. The molecule has 0 aromatic heterocycles. The predicted molar refractivity (Wildman–Crippen MR) is 91.4 cm³/mol. The zero-order valence-electron chi connectivity index (χ0n) is 12.8. The van der Waals surface area contributed by atoms with E-state index < -0.39 is 10.0 Å². The van der Waals surface area contributed by atoms with Crippen molar-refractivity contribution in [2.75, 3.05) is 10.8 Å². The Bertz CT molecular complexity index is 953. The SMILES string of the molecule is CC(=O)c1cccc(S(=O)(=O)N2CCC(=O)c3cc(Cl)ccc32)c1. The molecule has 3 rings (SSSR count). The van der Waals surface area contributed by atoms with Gasteiger partial charge in [0, 0.05) is 29.1 Å². The molecule has 0 radical (unpaired) electrons. The fraction of sp³-hybridized carbons (Fsp3) is 0.176. The van der Waals surface area contributed by atoms with Gasteiger partial charge in [0.05, 0.1) is 10.6 Å². The number of hydrogen-bond acceptors (Lipinski definition) is 4.